The molecule has 1 aliphatic heterocycles. The standard InChI is InChI=1S/C24H25NO2/c1-26-23-13-8-14-24-22(23)15-21(18-27-24)25(16-19-9-4-2-5-10-19)17-20-11-6-3-7-12-20/h2-14,21H,15-18H2,1H3/t21-/m1/s1. The van der Waals surface area contributed by atoms with Crippen LogP contribution in [0.4, 0.5) is 0 Å². The van der Waals surface area contributed by atoms with Crippen molar-refractivity contribution >= 4 is 0 Å². The highest BCUT2D eigenvalue weighted by Crippen LogP contribution is 2.34. The minimum Gasteiger partial charge on any atom is -0.496 e. The second kappa shape index (κ2) is 8.28. The van der Waals surface area contributed by atoms with Gasteiger partial charge in [0.15, 0.2) is 0 Å². The second-order valence-electron chi connectivity index (χ2n) is 6.98. The topological polar surface area (TPSA) is 21.7 Å². The lowest BCUT2D eigenvalue weighted by Crippen LogP contribution is -2.42. The summed E-state index contributed by atoms with van der Waals surface area (Å²) in [6.07, 6.45) is 0.930. The van der Waals surface area contributed by atoms with E-state index in [9.17, 15) is 0 Å². The van der Waals surface area contributed by atoms with Crippen LogP contribution in [0.25, 0.3) is 0 Å². The average molecular weight is 359 g/mol. The second-order valence-corrected chi connectivity index (χ2v) is 6.98. The maximum absolute atomic E-state index is 6.11. The zero-order chi connectivity index (χ0) is 18.5. The molecule has 0 radical (unpaired) electrons. The van der Waals surface area contributed by atoms with E-state index in [1.54, 1.807) is 7.11 Å². The van der Waals surface area contributed by atoms with Crippen LogP contribution in [0.15, 0.2) is 78.9 Å². The molecule has 0 aromatic heterocycles. The molecular formula is C24H25NO2. The fourth-order valence-electron chi connectivity index (χ4n) is 3.74. The van der Waals surface area contributed by atoms with Crippen molar-refractivity contribution in [1.82, 2.24) is 4.90 Å². The summed E-state index contributed by atoms with van der Waals surface area (Å²) in [7, 11) is 1.73. The van der Waals surface area contributed by atoms with Crippen LogP contribution in [0.3, 0.4) is 0 Å². The molecule has 3 aromatic rings. The van der Waals surface area contributed by atoms with Gasteiger partial charge in [0.05, 0.1) is 7.11 Å². The van der Waals surface area contributed by atoms with Gasteiger partial charge >= 0.3 is 0 Å². The van der Waals surface area contributed by atoms with Crippen molar-refractivity contribution in [3.63, 3.8) is 0 Å². The van der Waals surface area contributed by atoms with E-state index in [1.807, 2.05) is 18.2 Å². The summed E-state index contributed by atoms with van der Waals surface area (Å²) in [5.74, 6) is 1.86. The molecule has 0 unspecified atom stereocenters. The van der Waals surface area contributed by atoms with Gasteiger partial charge in [-0.05, 0) is 29.7 Å². The summed E-state index contributed by atoms with van der Waals surface area (Å²) in [5, 5.41) is 0. The third kappa shape index (κ3) is 4.15. The fourth-order valence-corrected chi connectivity index (χ4v) is 3.74. The van der Waals surface area contributed by atoms with E-state index in [2.05, 4.69) is 65.6 Å². The number of fused-ring (bicyclic) bond motifs is 1. The molecule has 0 fully saturated rings. The highest BCUT2D eigenvalue weighted by atomic mass is 16.5. The van der Waals surface area contributed by atoms with E-state index in [-0.39, 0.29) is 0 Å². The predicted molar refractivity (Wildman–Crippen MR) is 108 cm³/mol. The number of methoxy groups -OCH3 is 1. The van der Waals surface area contributed by atoms with Gasteiger partial charge in [-0.1, -0.05) is 66.7 Å². The first-order valence-electron chi connectivity index (χ1n) is 9.44. The number of ether oxygens (including phenoxy) is 2. The summed E-state index contributed by atoms with van der Waals surface area (Å²) in [6.45, 7) is 2.49. The van der Waals surface area contributed by atoms with E-state index < -0.39 is 0 Å². The normalized spacial score (nSPS) is 15.9. The Morgan fingerprint density at radius 3 is 2.07 bits per heavy atom. The Kier molecular flexibility index (Phi) is 5.40. The third-order valence-electron chi connectivity index (χ3n) is 5.15. The van der Waals surface area contributed by atoms with Gasteiger partial charge in [0.1, 0.15) is 18.1 Å². The first-order valence-corrected chi connectivity index (χ1v) is 9.44. The van der Waals surface area contributed by atoms with Gasteiger partial charge in [-0.2, -0.15) is 0 Å². The van der Waals surface area contributed by atoms with Crippen LogP contribution in [0.1, 0.15) is 16.7 Å². The Labute approximate surface area is 161 Å². The minimum absolute atomic E-state index is 0.300. The van der Waals surface area contributed by atoms with E-state index in [1.165, 1.54) is 16.7 Å². The van der Waals surface area contributed by atoms with Crippen molar-refractivity contribution in [2.24, 2.45) is 0 Å². The van der Waals surface area contributed by atoms with Gasteiger partial charge < -0.3 is 9.47 Å². The molecule has 0 saturated carbocycles. The van der Waals surface area contributed by atoms with Crippen molar-refractivity contribution in [3.8, 4) is 11.5 Å². The molecule has 3 nitrogen and oxygen atoms in total. The molecule has 3 aromatic carbocycles. The first-order chi connectivity index (χ1) is 13.3. The van der Waals surface area contributed by atoms with Crippen molar-refractivity contribution in [2.45, 2.75) is 25.6 Å². The predicted octanol–water partition coefficient (Wildman–Crippen LogP) is 4.70. The summed E-state index contributed by atoms with van der Waals surface area (Å²) in [6, 6.07) is 27.6. The van der Waals surface area contributed by atoms with E-state index in [0.29, 0.717) is 12.6 Å². The van der Waals surface area contributed by atoms with Crippen molar-refractivity contribution in [1.29, 1.82) is 0 Å². The molecule has 0 bridgehead atoms. The fraction of sp³-hybridized carbons (Fsp3) is 0.250. The maximum atomic E-state index is 6.11. The van der Waals surface area contributed by atoms with Gasteiger partial charge in [0.25, 0.3) is 0 Å². The molecular weight excluding hydrogens is 334 g/mol. The van der Waals surface area contributed by atoms with Crippen LogP contribution < -0.4 is 9.47 Å². The average Bonchev–Trinajstić information content (AvgIpc) is 2.74. The molecule has 0 N–H and O–H groups in total. The number of hydrogen-bond donors (Lipinski definition) is 0. The molecule has 27 heavy (non-hydrogen) atoms. The SMILES string of the molecule is COc1cccc2c1C[C@@H](N(Cc1ccccc1)Cc1ccccc1)CO2. The molecule has 1 heterocycles. The number of rotatable bonds is 6. The van der Waals surface area contributed by atoms with Gasteiger partial charge in [0, 0.05) is 24.7 Å². The van der Waals surface area contributed by atoms with Gasteiger partial charge in [-0.15, -0.1) is 0 Å². The Hall–Kier alpha value is -2.78. The molecule has 0 saturated heterocycles. The Balaban J connectivity index is 1.60. The minimum atomic E-state index is 0.300. The molecule has 0 spiro atoms. The number of nitrogens with zero attached hydrogens (tertiary/aromatic N) is 1. The zero-order valence-electron chi connectivity index (χ0n) is 15.7. The van der Waals surface area contributed by atoms with Crippen molar-refractivity contribution in [2.75, 3.05) is 13.7 Å². The van der Waals surface area contributed by atoms with E-state index >= 15 is 0 Å². The molecule has 0 aliphatic carbocycles. The number of benzene rings is 3. The molecule has 1 atom stereocenters. The van der Waals surface area contributed by atoms with Gasteiger partial charge in [0.2, 0.25) is 0 Å². The molecule has 3 heteroatoms. The lowest BCUT2D eigenvalue weighted by Gasteiger charge is -2.35. The Morgan fingerprint density at radius 2 is 1.48 bits per heavy atom. The van der Waals surface area contributed by atoms with Crippen LogP contribution in [0.2, 0.25) is 0 Å². The van der Waals surface area contributed by atoms with Crippen LogP contribution >= 0.6 is 0 Å². The third-order valence-corrected chi connectivity index (χ3v) is 5.15. The molecule has 1 aliphatic rings. The lowest BCUT2D eigenvalue weighted by molar-refractivity contribution is 0.105. The molecule has 138 valence electrons. The summed E-state index contributed by atoms with van der Waals surface area (Å²) >= 11 is 0. The molecule has 0 amide bonds. The smallest absolute Gasteiger partial charge is 0.126 e. The summed E-state index contributed by atoms with van der Waals surface area (Å²) in [4.78, 5) is 2.51. The van der Waals surface area contributed by atoms with Crippen LogP contribution in [-0.2, 0) is 19.5 Å². The Bertz CT molecular complexity index is 808. The highest BCUT2D eigenvalue weighted by molar-refractivity contribution is 5.46. The summed E-state index contributed by atoms with van der Waals surface area (Å²) in [5.41, 5.74) is 3.81. The quantitative estimate of drug-likeness (QED) is 0.637. The zero-order valence-corrected chi connectivity index (χ0v) is 15.7. The van der Waals surface area contributed by atoms with Crippen molar-refractivity contribution < 1.29 is 9.47 Å². The summed E-state index contributed by atoms with van der Waals surface area (Å²) < 4.78 is 11.7. The van der Waals surface area contributed by atoms with Crippen LogP contribution in [-0.4, -0.2) is 24.7 Å². The van der Waals surface area contributed by atoms with E-state index in [0.717, 1.165) is 31.0 Å². The van der Waals surface area contributed by atoms with Crippen LogP contribution in [0, 0.1) is 0 Å². The monoisotopic (exact) mass is 359 g/mol. The van der Waals surface area contributed by atoms with Gasteiger partial charge in [-0.25, -0.2) is 0 Å². The maximum Gasteiger partial charge on any atom is 0.126 e. The lowest BCUT2D eigenvalue weighted by atomic mass is 9.99. The Morgan fingerprint density at radius 1 is 0.852 bits per heavy atom. The molecule has 4 rings (SSSR count). The van der Waals surface area contributed by atoms with Gasteiger partial charge in [-0.3, -0.25) is 4.90 Å². The number of hydrogen-bond acceptors (Lipinski definition) is 3. The van der Waals surface area contributed by atoms with Crippen LogP contribution in [0.5, 0.6) is 11.5 Å². The first kappa shape index (κ1) is 17.6. The van der Waals surface area contributed by atoms with E-state index in [4.69, 9.17) is 9.47 Å². The van der Waals surface area contributed by atoms with Crippen molar-refractivity contribution in [3.05, 3.63) is 95.6 Å². The highest BCUT2D eigenvalue weighted by Gasteiger charge is 2.27. The largest absolute Gasteiger partial charge is 0.496 e.